The van der Waals surface area contributed by atoms with Gasteiger partial charge in [-0.1, -0.05) is 12.2 Å². The van der Waals surface area contributed by atoms with E-state index < -0.39 is 0 Å². The van der Waals surface area contributed by atoms with Gasteiger partial charge in [-0.25, -0.2) is 0 Å². The highest BCUT2D eigenvalue weighted by molar-refractivity contribution is 5.81. The van der Waals surface area contributed by atoms with Gasteiger partial charge in [-0.15, -0.1) is 0 Å². The quantitative estimate of drug-likeness (QED) is 0.476. The third-order valence-corrected chi connectivity index (χ3v) is 4.65. The van der Waals surface area contributed by atoms with E-state index in [2.05, 4.69) is 23.2 Å². The van der Waals surface area contributed by atoms with Crippen molar-refractivity contribution in [3.8, 4) is 5.75 Å². The Kier molecular flexibility index (Phi) is 2.81. The second-order valence-electron chi connectivity index (χ2n) is 6.10. The van der Waals surface area contributed by atoms with E-state index in [9.17, 15) is 4.79 Å². The predicted octanol–water partition coefficient (Wildman–Crippen LogP) is 3.84. The van der Waals surface area contributed by atoms with Crippen molar-refractivity contribution in [2.45, 2.75) is 25.7 Å². The lowest BCUT2D eigenvalue weighted by Crippen LogP contribution is -2.05. The number of hydrogen-bond donors (Lipinski definition) is 0. The van der Waals surface area contributed by atoms with Crippen molar-refractivity contribution >= 4 is 16.9 Å². The second kappa shape index (κ2) is 4.69. The Morgan fingerprint density at radius 2 is 2.14 bits per heavy atom. The van der Waals surface area contributed by atoms with Crippen LogP contribution in [0.4, 0.5) is 0 Å². The molecule has 1 saturated carbocycles. The van der Waals surface area contributed by atoms with E-state index in [1.165, 1.54) is 25.3 Å². The predicted molar refractivity (Wildman–Crippen MR) is 81.1 cm³/mol. The van der Waals surface area contributed by atoms with E-state index in [0.717, 1.165) is 16.8 Å². The second-order valence-corrected chi connectivity index (χ2v) is 6.10. The standard InChI is InChI=1S/C18H17NO2/c1-11(20)21-16-5-4-14-8-15(10-19-18(14)9-16)17-7-12-2-3-13(17)6-12/h2-5,8-10,12-13,17H,6-7H2,1H3. The number of nitrogens with zero attached hydrogens (tertiary/aromatic N) is 1. The third kappa shape index (κ3) is 2.23. The molecule has 2 aromatic rings. The molecule has 2 bridgehead atoms. The molecule has 1 heterocycles. The molecule has 106 valence electrons. The summed E-state index contributed by atoms with van der Waals surface area (Å²) in [6.45, 7) is 1.41. The molecule has 3 heteroatoms. The van der Waals surface area contributed by atoms with E-state index in [1.807, 2.05) is 24.4 Å². The molecular weight excluding hydrogens is 262 g/mol. The molecule has 3 nitrogen and oxygen atoms in total. The summed E-state index contributed by atoms with van der Waals surface area (Å²) >= 11 is 0. The summed E-state index contributed by atoms with van der Waals surface area (Å²) in [6.07, 6.45) is 9.26. The van der Waals surface area contributed by atoms with Crippen LogP contribution in [-0.2, 0) is 4.79 Å². The van der Waals surface area contributed by atoms with Crippen molar-refractivity contribution < 1.29 is 9.53 Å². The van der Waals surface area contributed by atoms with Gasteiger partial charge in [-0.2, -0.15) is 0 Å². The molecule has 4 rings (SSSR count). The van der Waals surface area contributed by atoms with Gasteiger partial charge in [0, 0.05) is 24.6 Å². The number of pyridine rings is 1. The van der Waals surface area contributed by atoms with Crippen molar-refractivity contribution in [1.29, 1.82) is 0 Å². The highest BCUT2D eigenvalue weighted by Gasteiger charge is 2.36. The smallest absolute Gasteiger partial charge is 0.308 e. The average Bonchev–Trinajstić information content (AvgIpc) is 3.09. The number of allylic oxidation sites excluding steroid dienone is 2. The fourth-order valence-electron chi connectivity index (χ4n) is 3.71. The van der Waals surface area contributed by atoms with Crippen LogP contribution in [0.25, 0.3) is 10.9 Å². The van der Waals surface area contributed by atoms with E-state index in [-0.39, 0.29) is 5.97 Å². The van der Waals surface area contributed by atoms with Crippen molar-refractivity contribution in [2.75, 3.05) is 0 Å². The largest absolute Gasteiger partial charge is 0.427 e. The SMILES string of the molecule is CC(=O)Oc1ccc2cc(C3CC4C=CC3C4)cnc2c1. The number of carbonyl (C=O) groups is 1. The van der Waals surface area contributed by atoms with E-state index in [0.29, 0.717) is 17.6 Å². The molecule has 3 atom stereocenters. The maximum Gasteiger partial charge on any atom is 0.308 e. The summed E-state index contributed by atoms with van der Waals surface area (Å²) in [4.78, 5) is 15.6. The Bertz CT molecular complexity index is 750. The van der Waals surface area contributed by atoms with Crippen LogP contribution in [0.15, 0.2) is 42.6 Å². The minimum atomic E-state index is -0.306. The Balaban J connectivity index is 1.67. The zero-order valence-corrected chi connectivity index (χ0v) is 12.0. The van der Waals surface area contributed by atoms with E-state index in [1.54, 1.807) is 0 Å². The molecule has 3 unspecified atom stereocenters. The number of benzene rings is 1. The van der Waals surface area contributed by atoms with Crippen molar-refractivity contribution in [2.24, 2.45) is 11.8 Å². The molecule has 0 amide bonds. The number of ether oxygens (including phenoxy) is 1. The maximum absolute atomic E-state index is 11.0. The Morgan fingerprint density at radius 3 is 2.86 bits per heavy atom. The number of rotatable bonds is 2. The van der Waals surface area contributed by atoms with Gasteiger partial charge in [0.2, 0.25) is 0 Å². The lowest BCUT2D eigenvalue weighted by atomic mass is 9.87. The van der Waals surface area contributed by atoms with Gasteiger partial charge in [-0.05, 0) is 54.4 Å². The lowest BCUT2D eigenvalue weighted by molar-refractivity contribution is -0.131. The van der Waals surface area contributed by atoms with Gasteiger partial charge < -0.3 is 4.74 Å². The van der Waals surface area contributed by atoms with Gasteiger partial charge in [0.1, 0.15) is 5.75 Å². The van der Waals surface area contributed by atoms with Gasteiger partial charge in [0.15, 0.2) is 0 Å². The Morgan fingerprint density at radius 1 is 1.24 bits per heavy atom. The molecule has 0 aliphatic heterocycles. The van der Waals surface area contributed by atoms with Crippen LogP contribution in [-0.4, -0.2) is 11.0 Å². The molecule has 0 saturated heterocycles. The topological polar surface area (TPSA) is 39.2 Å². The summed E-state index contributed by atoms with van der Waals surface area (Å²) in [5.41, 5.74) is 2.20. The third-order valence-electron chi connectivity index (χ3n) is 4.65. The lowest BCUT2D eigenvalue weighted by Gasteiger charge is -2.18. The summed E-state index contributed by atoms with van der Waals surface area (Å²) < 4.78 is 5.10. The van der Waals surface area contributed by atoms with Gasteiger partial charge >= 0.3 is 5.97 Å². The van der Waals surface area contributed by atoms with Crippen molar-refractivity contribution in [3.05, 3.63) is 48.2 Å². The number of esters is 1. The average molecular weight is 279 g/mol. The minimum Gasteiger partial charge on any atom is -0.427 e. The fraction of sp³-hybridized carbons (Fsp3) is 0.333. The van der Waals surface area contributed by atoms with Crippen LogP contribution in [0.5, 0.6) is 5.75 Å². The monoisotopic (exact) mass is 279 g/mol. The summed E-state index contributed by atoms with van der Waals surface area (Å²) in [5.74, 6) is 2.32. The van der Waals surface area contributed by atoms with Crippen molar-refractivity contribution in [3.63, 3.8) is 0 Å². The van der Waals surface area contributed by atoms with Gasteiger partial charge in [0.25, 0.3) is 0 Å². The van der Waals surface area contributed by atoms with Gasteiger partial charge in [0.05, 0.1) is 5.52 Å². The van der Waals surface area contributed by atoms with Crippen LogP contribution in [0, 0.1) is 11.8 Å². The highest BCUT2D eigenvalue weighted by Crippen LogP contribution is 2.48. The first-order valence-electron chi connectivity index (χ1n) is 7.45. The summed E-state index contributed by atoms with van der Waals surface area (Å²) in [6, 6.07) is 7.86. The fourth-order valence-corrected chi connectivity index (χ4v) is 3.71. The van der Waals surface area contributed by atoms with Crippen molar-refractivity contribution in [1.82, 2.24) is 4.98 Å². The molecule has 2 aliphatic carbocycles. The first kappa shape index (κ1) is 12.6. The van der Waals surface area contributed by atoms with E-state index in [4.69, 9.17) is 4.74 Å². The zero-order valence-electron chi connectivity index (χ0n) is 12.0. The zero-order chi connectivity index (χ0) is 14.4. The molecule has 0 N–H and O–H groups in total. The molecule has 1 aromatic carbocycles. The van der Waals surface area contributed by atoms with Crippen LogP contribution in [0.2, 0.25) is 0 Å². The normalized spacial score (nSPS) is 26.4. The molecule has 0 spiro atoms. The molecule has 21 heavy (non-hydrogen) atoms. The molecular formula is C18H17NO2. The Labute approximate surface area is 123 Å². The number of carbonyl (C=O) groups excluding carboxylic acids is 1. The van der Waals surface area contributed by atoms with E-state index >= 15 is 0 Å². The number of hydrogen-bond acceptors (Lipinski definition) is 3. The van der Waals surface area contributed by atoms with Crippen LogP contribution in [0.1, 0.15) is 31.2 Å². The first-order valence-corrected chi connectivity index (χ1v) is 7.45. The molecule has 0 radical (unpaired) electrons. The number of fused-ring (bicyclic) bond motifs is 3. The minimum absolute atomic E-state index is 0.306. The molecule has 1 fully saturated rings. The first-order chi connectivity index (χ1) is 10.2. The maximum atomic E-state index is 11.0. The Hall–Kier alpha value is -2.16. The summed E-state index contributed by atoms with van der Waals surface area (Å²) in [7, 11) is 0. The van der Waals surface area contributed by atoms with Gasteiger partial charge in [-0.3, -0.25) is 9.78 Å². The van der Waals surface area contributed by atoms with Crippen LogP contribution in [0.3, 0.4) is 0 Å². The van der Waals surface area contributed by atoms with Crippen LogP contribution >= 0.6 is 0 Å². The van der Waals surface area contributed by atoms with Crippen LogP contribution < -0.4 is 4.74 Å². The molecule has 1 aromatic heterocycles. The highest BCUT2D eigenvalue weighted by atomic mass is 16.5. The number of aromatic nitrogens is 1. The molecule has 2 aliphatic rings. The summed E-state index contributed by atoms with van der Waals surface area (Å²) in [5, 5.41) is 1.11.